The minimum atomic E-state index is -0.425. The third-order valence-electron chi connectivity index (χ3n) is 2.78. The fourth-order valence-electron chi connectivity index (χ4n) is 1.83. The van der Waals surface area contributed by atoms with E-state index in [1.54, 1.807) is 29.2 Å². The molecular formula is C12H9N5O2S. The molecule has 2 aromatic heterocycles. The number of pyridine rings is 1. The second kappa shape index (κ2) is 4.89. The predicted octanol–water partition coefficient (Wildman–Crippen LogP) is 2.42. The Bertz CT molecular complexity index is 801. The van der Waals surface area contributed by atoms with Gasteiger partial charge in [-0.15, -0.1) is 10.2 Å². The quantitative estimate of drug-likeness (QED) is 0.543. The molecule has 7 nitrogen and oxygen atoms in total. The molecule has 0 atom stereocenters. The Balaban J connectivity index is 2.15. The van der Waals surface area contributed by atoms with Gasteiger partial charge < -0.3 is 4.57 Å². The van der Waals surface area contributed by atoms with Gasteiger partial charge in [0.05, 0.1) is 4.92 Å². The second-order valence-corrected chi connectivity index (χ2v) is 5.08. The van der Waals surface area contributed by atoms with Gasteiger partial charge in [-0.1, -0.05) is 0 Å². The number of benzene rings is 1. The lowest BCUT2D eigenvalue weighted by Crippen LogP contribution is -1.93. The number of rotatable bonds is 3. The lowest BCUT2D eigenvalue weighted by molar-refractivity contribution is -0.383. The van der Waals surface area contributed by atoms with Gasteiger partial charge in [0, 0.05) is 29.6 Å². The number of aromatic nitrogens is 4. The molecule has 100 valence electrons. The number of nitro benzene ring substituents is 1. The highest BCUT2D eigenvalue weighted by Gasteiger charge is 2.16. The summed E-state index contributed by atoms with van der Waals surface area (Å²) >= 11 is 1.40. The zero-order chi connectivity index (χ0) is 14.1. The molecule has 0 bridgehead atoms. The van der Waals surface area contributed by atoms with E-state index in [2.05, 4.69) is 15.2 Å². The maximum absolute atomic E-state index is 11.0. The van der Waals surface area contributed by atoms with Gasteiger partial charge in [0.25, 0.3) is 5.69 Å². The summed E-state index contributed by atoms with van der Waals surface area (Å²) in [5.74, 6) is 0. The highest BCUT2D eigenvalue weighted by molar-refractivity contribution is 7.99. The first-order valence-corrected chi connectivity index (χ1v) is 6.52. The van der Waals surface area contributed by atoms with Crippen molar-refractivity contribution in [2.45, 2.75) is 10.1 Å². The molecule has 1 aromatic carbocycles. The van der Waals surface area contributed by atoms with Gasteiger partial charge in [-0.05, 0) is 30.0 Å². The van der Waals surface area contributed by atoms with Gasteiger partial charge in [-0.3, -0.25) is 10.1 Å². The molecule has 0 spiro atoms. The summed E-state index contributed by atoms with van der Waals surface area (Å²) in [6.07, 6.45) is 3.15. The Morgan fingerprint density at radius 2 is 2.20 bits per heavy atom. The molecule has 0 aliphatic heterocycles. The van der Waals surface area contributed by atoms with Gasteiger partial charge in [0.1, 0.15) is 11.8 Å². The molecule has 0 saturated carbocycles. The summed E-state index contributed by atoms with van der Waals surface area (Å²) in [5, 5.41) is 20.3. The maximum Gasteiger partial charge on any atom is 0.295 e. The fraction of sp³-hybridized carbons (Fsp3) is 0.0833. The topological polar surface area (TPSA) is 86.7 Å². The number of hydrogen-bond acceptors (Lipinski definition) is 6. The first kappa shape index (κ1) is 12.5. The van der Waals surface area contributed by atoms with Crippen molar-refractivity contribution < 1.29 is 4.92 Å². The van der Waals surface area contributed by atoms with E-state index in [1.165, 1.54) is 17.8 Å². The highest BCUT2D eigenvalue weighted by Crippen LogP contribution is 2.35. The predicted molar refractivity (Wildman–Crippen MR) is 73.5 cm³/mol. The average Bonchev–Trinajstić information content (AvgIpc) is 2.84. The summed E-state index contributed by atoms with van der Waals surface area (Å²) in [6.45, 7) is 0. The Morgan fingerprint density at radius 1 is 1.35 bits per heavy atom. The number of fused-ring (bicyclic) bond motifs is 1. The van der Waals surface area contributed by atoms with E-state index < -0.39 is 4.92 Å². The second-order valence-electron chi connectivity index (χ2n) is 4.07. The van der Waals surface area contributed by atoms with E-state index in [-0.39, 0.29) is 5.69 Å². The van der Waals surface area contributed by atoms with E-state index in [0.717, 1.165) is 10.3 Å². The molecule has 0 aliphatic rings. The highest BCUT2D eigenvalue weighted by atomic mass is 32.2. The summed E-state index contributed by atoms with van der Waals surface area (Å²) in [7, 11) is 1.84. The van der Waals surface area contributed by atoms with E-state index in [0.29, 0.717) is 10.7 Å². The molecule has 0 saturated heterocycles. The van der Waals surface area contributed by atoms with Crippen molar-refractivity contribution >= 4 is 28.4 Å². The molecule has 2 heterocycles. The zero-order valence-corrected chi connectivity index (χ0v) is 11.2. The van der Waals surface area contributed by atoms with Crippen LogP contribution in [-0.4, -0.2) is 24.7 Å². The van der Waals surface area contributed by atoms with Crippen LogP contribution in [0.15, 0.2) is 46.8 Å². The molecule has 0 N–H and O–H groups in total. The molecular weight excluding hydrogens is 278 g/mol. The lowest BCUT2D eigenvalue weighted by atomic mass is 10.2. The summed E-state index contributed by atoms with van der Waals surface area (Å²) in [5.41, 5.74) is 0.382. The largest absolute Gasteiger partial charge is 0.311 e. The standard InChI is InChI=1S/C12H9N5O2S/c1-16-7-14-15-12(16)20-10-5-4-9(17(18)19)11-8(10)3-2-6-13-11/h2-7H,1H3. The van der Waals surface area contributed by atoms with Crippen molar-refractivity contribution in [3.63, 3.8) is 0 Å². The summed E-state index contributed by atoms with van der Waals surface area (Å²) in [6, 6.07) is 6.75. The van der Waals surface area contributed by atoms with Crippen LogP contribution in [0.25, 0.3) is 10.9 Å². The monoisotopic (exact) mass is 287 g/mol. The maximum atomic E-state index is 11.0. The molecule has 3 aromatic rings. The van der Waals surface area contributed by atoms with Crippen LogP contribution in [-0.2, 0) is 7.05 Å². The van der Waals surface area contributed by atoms with E-state index >= 15 is 0 Å². The Hall–Kier alpha value is -2.48. The molecule has 3 rings (SSSR count). The van der Waals surface area contributed by atoms with Crippen LogP contribution in [0, 0.1) is 10.1 Å². The molecule has 20 heavy (non-hydrogen) atoms. The Morgan fingerprint density at radius 3 is 2.90 bits per heavy atom. The Kier molecular flexibility index (Phi) is 3.07. The number of nitrogens with zero attached hydrogens (tertiary/aromatic N) is 5. The molecule has 0 unspecified atom stereocenters. The van der Waals surface area contributed by atoms with Crippen molar-refractivity contribution in [3.05, 3.63) is 46.9 Å². The fourth-order valence-corrected chi connectivity index (χ4v) is 2.72. The first-order valence-electron chi connectivity index (χ1n) is 5.71. The molecule has 8 heteroatoms. The number of aryl methyl sites for hydroxylation is 1. The minimum Gasteiger partial charge on any atom is -0.311 e. The third-order valence-corrected chi connectivity index (χ3v) is 3.90. The SMILES string of the molecule is Cn1cnnc1Sc1ccc([N+](=O)[O-])c2ncccc12. The normalized spacial score (nSPS) is 10.8. The van der Waals surface area contributed by atoms with Crippen LogP contribution in [0.4, 0.5) is 5.69 Å². The first-order chi connectivity index (χ1) is 9.66. The average molecular weight is 287 g/mol. The summed E-state index contributed by atoms with van der Waals surface area (Å²) < 4.78 is 1.79. The van der Waals surface area contributed by atoms with Crippen LogP contribution in [0.2, 0.25) is 0 Å². The molecule has 0 amide bonds. The molecule has 0 fully saturated rings. The van der Waals surface area contributed by atoms with Crippen molar-refractivity contribution in [3.8, 4) is 0 Å². The number of nitro groups is 1. The van der Waals surface area contributed by atoms with Crippen molar-refractivity contribution in [2.24, 2.45) is 7.05 Å². The Labute approximate surface area is 117 Å². The lowest BCUT2D eigenvalue weighted by Gasteiger charge is -2.05. The smallest absolute Gasteiger partial charge is 0.295 e. The van der Waals surface area contributed by atoms with Crippen molar-refractivity contribution in [2.75, 3.05) is 0 Å². The van der Waals surface area contributed by atoms with E-state index in [4.69, 9.17) is 0 Å². The van der Waals surface area contributed by atoms with Gasteiger partial charge in [0.2, 0.25) is 0 Å². The summed E-state index contributed by atoms with van der Waals surface area (Å²) in [4.78, 5) is 15.6. The number of hydrogen-bond donors (Lipinski definition) is 0. The van der Waals surface area contributed by atoms with Crippen LogP contribution in [0.3, 0.4) is 0 Å². The van der Waals surface area contributed by atoms with Crippen molar-refractivity contribution in [1.82, 2.24) is 19.7 Å². The van der Waals surface area contributed by atoms with Gasteiger partial charge in [-0.2, -0.15) is 0 Å². The molecule has 0 radical (unpaired) electrons. The zero-order valence-electron chi connectivity index (χ0n) is 10.4. The van der Waals surface area contributed by atoms with E-state index in [1.807, 2.05) is 13.1 Å². The van der Waals surface area contributed by atoms with Crippen LogP contribution in [0.5, 0.6) is 0 Å². The van der Waals surface area contributed by atoms with E-state index in [9.17, 15) is 10.1 Å². The van der Waals surface area contributed by atoms with Crippen LogP contribution < -0.4 is 0 Å². The van der Waals surface area contributed by atoms with Crippen LogP contribution in [0.1, 0.15) is 0 Å². The van der Waals surface area contributed by atoms with Crippen molar-refractivity contribution in [1.29, 1.82) is 0 Å². The number of non-ortho nitro benzene ring substituents is 1. The third kappa shape index (κ3) is 2.10. The van der Waals surface area contributed by atoms with Crippen LogP contribution >= 0.6 is 11.8 Å². The minimum absolute atomic E-state index is 0.00270. The van der Waals surface area contributed by atoms with Gasteiger partial charge in [0.15, 0.2) is 5.16 Å². The molecule has 0 aliphatic carbocycles. The van der Waals surface area contributed by atoms with Gasteiger partial charge >= 0.3 is 0 Å². The van der Waals surface area contributed by atoms with Gasteiger partial charge in [-0.25, -0.2) is 4.98 Å².